The van der Waals surface area contributed by atoms with Crippen LogP contribution >= 0.6 is 11.6 Å². The largest absolute Gasteiger partial charge is 0.398 e. The lowest BCUT2D eigenvalue weighted by atomic mass is 9.96. The highest BCUT2D eigenvalue weighted by molar-refractivity contribution is 6.31. The van der Waals surface area contributed by atoms with Gasteiger partial charge in [0.2, 0.25) is 5.82 Å². The molecule has 0 saturated carbocycles. The highest BCUT2D eigenvalue weighted by Crippen LogP contribution is 2.33. The zero-order valence-corrected chi connectivity index (χ0v) is 12.6. The van der Waals surface area contributed by atoms with Gasteiger partial charge in [-0.25, -0.2) is 0 Å². The highest BCUT2D eigenvalue weighted by Gasteiger charge is 2.34. The van der Waals surface area contributed by atoms with E-state index in [1.54, 1.807) is 25.3 Å². The van der Waals surface area contributed by atoms with Gasteiger partial charge in [-0.1, -0.05) is 30.6 Å². The minimum Gasteiger partial charge on any atom is -0.398 e. The lowest BCUT2D eigenvalue weighted by molar-refractivity contribution is -0.0306. The van der Waals surface area contributed by atoms with Gasteiger partial charge in [0.05, 0.1) is 5.56 Å². The SMILES string of the molecule is CCC(CC)(OC)c1noc(-c2ccc(Cl)cc2N)n1. The minimum absolute atomic E-state index is 0.373. The molecule has 1 heterocycles. The Hall–Kier alpha value is -1.59. The molecule has 0 spiro atoms. The average Bonchev–Trinajstić information content (AvgIpc) is 2.91. The normalized spacial score (nSPS) is 11.8. The van der Waals surface area contributed by atoms with E-state index in [2.05, 4.69) is 10.1 Å². The molecule has 0 unspecified atom stereocenters. The van der Waals surface area contributed by atoms with Crippen LogP contribution in [0.15, 0.2) is 22.7 Å². The molecule has 0 bridgehead atoms. The fourth-order valence-corrected chi connectivity index (χ4v) is 2.37. The smallest absolute Gasteiger partial charge is 0.260 e. The lowest BCUT2D eigenvalue weighted by Crippen LogP contribution is -2.28. The standard InChI is InChI=1S/C14H18ClN3O2/c1-4-14(5-2,19-3)13-17-12(20-18-13)10-7-6-9(15)8-11(10)16/h6-8H,4-5,16H2,1-3H3. The zero-order chi connectivity index (χ0) is 14.8. The van der Waals surface area contributed by atoms with Gasteiger partial charge in [-0.05, 0) is 31.0 Å². The van der Waals surface area contributed by atoms with Crippen LogP contribution < -0.4 is 5.73 Å². The summed E-state index contributed by atoms with van der Waals surface area (Å²) >= 11 is 5.88. The summed E-state index contributed by atoms with van der Waals surface area (Å²) in [5, 5.41) is 4.61. The molecular weight excluding hydrogens is 278 g/mol. The summed E-state index contributed by atoms with van der Waals surface area (Å²) in [6.45, 7) is 4.05. The first-order valence-electron chi connectivity index (χ1n) is 6.51. The van der Waals surface area contributed by atoms with Crippen molar-refractivity contribution in [2.24, 2.45) is 0 Å². The first kappa shape index (κ1) is 14.8. The van der Waals surface area contributed by atoms with Crippen molar-refractivity contribution in [1.29, 1.82) is 0 Å². The number of anilines is 1. The van der Waals surface area contributed by atoms with Crippen molar-refractivity contribution < 1.29 is 9.26 Å². The Morgan fingerprint density at radius 2 is 2.05 bits per heavy atom. The third-order valence-electron chi connectivity index (χ3n) is 3.61. The lowest BCUT2D eigenvalue weighted by Gasteiger charge is -2.25. The Bertz CT molecular complexity index is 586. The topological polar surface area (TPSA) is 74.2 Å². The van der Waals surface area contributed by atoms with Crippen LogP contribution in [-0.4, -0.2) is 17.3 Å². The summed E-state index contributed by atoms with van der Waals surface area (Å²) < 4.78 is 10.9. The van der Waals surface area contributed by atoms with Crippen LogP contribution in [0.3, 0.4) is 0 Å². The van der Waals surface area contributed by atoms with E-state index in [-0.39, 0.29) is 0 Å². The molecular formula is C14H18ClN3O2. The summed E-state index contributed by atoms with van der Waals surface area (Å²) in [6.07, 6.45) is 1.52. The van der Waals surface area contributed by atoms with Crippen LogP contribution in [0.4, 0.5) is 5.69 Å². The van der Waals surface area contributed by atoms with Gasteiger partial charge in [-0.15, -0.1) is 0 Å². The number of nitrogens with zero attached hydrogens (tertiary/aromatic N) is 2. The van der Waals surface area contributed by atoms with Crippen LogP contribution in [0.2, 0.25) is 5.02 Å². The highest BCUT2D eigenvalue weighted by atomic mass is 35.5. The van der Waals surface area contributed by atoms with Gasteiger partial charge < -0.3 is 15.0 Å². The maximum atomic E-state index is 5.93. The predicted octanol–water partition coefficient (Wildman–Crippen LogP) is 3.63. The van der Waals surface area contributed by atoms with Crippen LogP contribution in [0.25, 0.3) is 11.5 Å². The molecule has 2 rings (SSSR count). The number of ether oxygens (including phenoxy) is 1. The van der Waals surface area contributed by atoms with E-state index >= 15 is 0 Å². The Morgan fingerprint density at radius 1 is 1.35 bits per heavy atom. The molecule has 0 fully saturated rings. The number of nitrogens with two attached hydrogens (primary N) is 1. The maximum absolute atomic E-state index is 5.93. The molecule has 0 aliphatic rings. The van der Waals surface area contributed by atoms with E-state index in [1.165, 1.54) is 0 Å². The third kappa shape index (κ3) is 2.51. The van der Waals surface area contributed by atoms with Gasteiger partial charge in [0.15, 0.2) is 0 Å². The number of halogens is 1. The van der Waals surface area contributed by atoms with Gasteiger partial charge in [0.1, 0.15) is 5.60 Å². The van der Waals surface area contributed by atoms with Gasteiger partial charge in [-0.3, -0.25) is 0 Å². The first-order valence-corrected chi connectivity index (χ1v) is 6.88. The van der Waals surface area contributed by atoms with Crippen molar-refractivity contribution in [2.75, 3.05) is 12.8 Å². The second kappa shape index (κ2) is 5.81. The molecule has 1 aromatic heterocycles. The Morgan fingerprint density at radius 3 is 2.60 bits per heavy atom. The molecule has 108 valence electrons. The van der Waals surface area contributed by atoms with Crippen LogP contribution in [-0.2, 0) is 10.3 Å². The fourth-order valence-electron chi connectivity index (χ4n) is 2.19. The second-order valence-electron chi connectivity index (χ2n) is 4.56. The van der Waals surface area contributed by atoms with E-state index in [1.807, 2.05) is 13.8 Å². The predicted molar refractivity (Wildman–Crippen MR) is 78.4 cm³/mol. The Labute approximate surface area is 123 Å². The molecule has 20 heavy (non-hydrogen) atoms. The molecule has 0 atom stereocenters. The third-order valence-corrected chi connectivity index (χ3v) is 3.85. The van der Waals surface area contributed by atoms with Gasteiger partial charge in [-0.2, -0.15) is 4.98 Å². The molecule has 0 saturated heterocycles. The number of hydrogen-bond donors (Lipinski definition) is 1. The Kier molecular flexibility index (Phi) is 4.30. The van der Waals surface area contributed by atoms with Crippen molar-refractivity contribution in [3.8, 4) is 11.5 Å². The molecule has 0 amide bonds. The summed E-state index contributed by atoms with van der Waals surface area (Å²) in [5.74, 6) is 0.909. The molecule has 1 aromatic carbocycles. The van der Waals surface area contributed by atoms with E-state index in [9.17, 15) is 0 Å². The number of rotatable bonds is 5. The molecule has 0 radical (unpaired) electrons. The van der Waals surface area contributed by atoms with E-state index in [0.717, 1.165) is 12.8 Å². The number of hydrogen-bond acceptors (Lipinski definition) is 5. The monoisotopic (exact) mass is 295 g/mol. The van der Waals surface area contributed by atoms with E-state index < -0.39 is 5.60 Å². The van der Waals surface area contributed by atoms with Crippen molar-refractivity contribution in [2.45, 2.75) is 32.3 Å². The number of nitrogen functional groups attached to an aromatic ring is 1. The molecule has 6 heteroatoms. The fraction of sp³-hybridized carbons (Fsp3) is 0.429. The zero-order valence-electron chi connectivity index (χ0n) is 11.8. The van der Waals surface area contributed by atoms with Crippen molar-refractivity contribution >= 4 is 17.3 Å². The van der Waals surface area contributed by atoms with E-state index in [4.69, 9.17) is 26.6 Å². The van der Waals surface area contributed by atoms with Crippen LogP contribution in [0.5, 0.6) is 0 Å². The van der Waals surface area contributed by atoms with Gasteiger partial charge in [0, 0.05) is 17.8 Å². The molecule has 2 N–H and O–H groups in total. The van der Waals surface area contributed by atoms with Gasteiger partial charge in [0.25, 0.3) is 5.89 Å². The maximum Gasteiger partial charge on any atom is 0.260 e. The quantitative estimate of drug-likeness (QED) is 0.853. The molecule has 2 aromatic rings. The van der Waals surface area contributed by atoms with Crippen LogP contribution in [0, 0.1) is 0 Å². The van der Waals surface area contributed by atoms with Gasteiger partial charge >= 0.3 is 0 Å². The summed E-state index contributed by atoms with van der Waals surface area (Å²) in [4.78, 5) is 4.43. The second-order valence-corrected chi connectivity index (χ2v) is 5.00. The number of methoxy groups -OCH3 is 1. The average molecular weight is 296 g/mol. The molecule has 5 nitrogen and oxygen atoms in total. The van der Waals surface area contributed by atoms with Crippen molar-refractivity contribution in [3.63, 3.8) is 0 Å². The van der Waals surface area contributed by atoms with E-state index in [0.29, 0.717) is 28.0 Å². The number of benzene rings is 1. The molecule has 0 aliphatic carbocycles. The minimum atomic E-state index is -0.525. The number of aromatic nitrogens is 2. The van der Waals surface area contributed by atoms with Crippen LogP contribution in [0.1, 0.15) is 32.5 Å². The first-order chi connectivity index (χ1) is 9.56. The van der Waals surface area contributed by atoms with Crippen molar-refractivity contribution in [3.05, 3.63) is 29.0 Å². The molecule has 0 aliphatic heterocycles. The summed E-state index contributed by atoms with van der Waals surface area (Å²) in [7, 11) is 1.65. The summed E-state index contributed by atoms with van der Waals surface area (Å²) in [6, 6.07) is 5.16. The van der Waals surface area contributed by atoms with Crippen molar-refractivity contribution in [1.82, 2.24) is 10.1 Å². The Balaban J connectivity index is 2.42. The summed E-state index contributed by atoms with van der Waals surface area (Å²) in [5.41, 5.74) is 6.58.